The summed E-state index contributed by atoms with van der Waals surface area (Å²) in [5, 5.41) is 14.0. The molecule has 18 heavy (non-hydrogen) atoms. The van der Waals surface area contributed by atoms with Crippen LogP contribution in [0.5, 0.6) is 0 Å². The van der Waals surface area contributed by atoms with Gasteiger partial charge in [-0.15, -0.1) is 5.10 Å². The number of hydrogen-bond acceptors (Lipinski definition) is 4. The van der Waals surface area contributed by atoms with E-state index in [1.54, 1.807) is 0 Å². The first-order chi connectivity index (χ1) is 8.67. The largest absolute Gasteiger partial charge is 0.367 e. The van der Waals surface area contributed by atoms with Gasteiger partial charge in [0, 0.05) is 19.0 Å². The van der Waals surface area contributed by atoms with Crippen molar-refractivity contribution in [2.24, 2.45) is 5.92 Å². The molecule has 5 heteroatoms. The fourth-order valence-electron chi connectivity index (χ4n) is 1.67. The first-order valence-corrected chi connectivity index (χ1v) is 6.49. The Kier molecular flexibility index (Phi) is 6.11. The Morgan fingerprint density at radius 3 is 2.50 bits per heavy atom. The molecule has 0 aliphatic heterocycles. The van der Waals surface area contributed by atoms with Gasteiger partial charge in [-0.3, -0.25) is 4.79 Å². The van der Waals surface area contributed by atoms with E-state index in [9.17, 15) is 4.79 Å². The van der Waals surface area contributed by atoms with E-state index >= 15 is 0 Å². The highest BCUT2D eigenvalue weighted by Gasteiger charge is 2.12. The molecule has 1 amide bonds. The summed E-state index contributed by atoms with van der Waals surface area (Å²) in [5.74, 6) is 0.998. The SMILES string of the molecule is CCC(CC)C(=O)NCCNc1ccc(C)nn1. The molecule has 100 valence electrons. The first kappa shape index (κ1) is 14.4. The summed E-state index contributed by atoms with van der Waals surface area (Å²) in [6.07, 6.45) is 1.78. The van der Waals surface area contributed by atoms with E-state index in [1.807, 2.05) is 32.9 Å². The molecule has 0 unspecified atom stereocenters. The van der Waals surface area contributed by atoms with Crippen LogP contribution in [0.3, 0.4) is 0 Å². The standard InChI is InChI=1S/C13H22N4O/c1-4-11(5-2)13(18)15-9-8-14-12-7-6-10(3)16-17-12/h6-7,11H,4-5,8-9H2,1-3H3,(H,14,17)(H,15,18). The lowest BCUT2D eigenvalue weighted by Crippen LogP contribution is -2.33. The van der Waals surface area contributed by atoms with Gasteiger partial charge in [0.2, 0.25) is 5.91 Å². The van der Waals surface area contributed by atoms with Crippen molar-refractivity contribution in [3.63, 3.8) is 0 Å². The Morgan fingerprint density at radius 1 is 1.22 bits per heavy atom. The van der Waals surface area contributed by atoms with E-state index in [1.165, 1.54) is 0 Å². The van der Waals surface area contributed by atoms with Crippen LogP contribution in [0.1, 0.15) is 32.4 Å². The molecule has 0 aromatic carbocycles. The molecule has 0 fully saturated rings. The van der Waals surface area contributed by atoms with Gasteiger partial charge in [0.15, 0.2) is 0 Å². The van der Waals surface area contributed by atoms with Gasteiger partial charge in [-0.2, -0.15) is 5.10 Å². The molecule has 0 bridgehead atoms. The smallest absolute Gasteiger partial charge is 0.223 e. The Bertz CT molecular complexity index is 360. The summed E-state index contributed by atoms with van der Waals surface area (Å²) in [6.45, 7) is 7.23. The second-order valence-corrected chi connectivity index (χ2v) is 4.29. The van der Waals surface area contributed by atoms with Crippen molar-refractivity contribution in [3.8, 4) is 0 Å². The molecule has 1 rings (SSSR count). The van der Waals surface area contributed by atoms with Crippen molar-refractivity contribution in [3.05, 3.63) is 17.8 Å². The molecule has 1 aromatic rings. The van der Waals surface area contributed by atoms with Gasteiger partial charge in [0.05, 0.1) is 5.69 Å². The van der Waals surface area contributed by atoms with Crippen molar-refractivity contribution >= 4 is 11.7 Å². The Labute approximate surface area is 108 Å². The van der Waals surface area contributed by atoms with E-state index in [0.717, 1.165) is 24.4 Å². The van der Waals surface area contributed by atoms with E-state index in [0.29, 0.717) is 13.1 Å². The average molecular weight is 250 g/mol. The van der Waals surface area contributed by atoms with Crippen molar-refractivity contribution in [1.29, 1.82) is 0 Å². The van der Waals surface area contributed by atoms with Gasteiger partial charge >= 0.3 is 0 Å². The summed E-state index contributed by atoms with van der Waals surface area (Å²) in [4.78, 5) is 11.7. The minimum Gasteiger partial charge on any atom is -0.367 e. The Hall–Kier alpha value is -1.65. The fourth-order valence-corrected chi connectivity index (χ4v) is 1.67. The van der Waals surface area contributed by atoms with E-state index in [-0.39, 0.29) is 11.8 Å². The zero-order valence-corrected chi connectivity index (χ0v) is 11.4. The number of anilines is 1. The molecule has 0 radical (unpaired) electrons. The number of hydrogen-bond donors (Lipinski definition) is 2. The maximum absolute atomic E-state index is 11.7. The highest BCUT2D eigenvalue weighted by Crippen LogP contribution is 2.06. The molecule has 0 aliphatic rings. The van der Waals surface area contributed by atoms with Crippen LogP contribution in [0.2, 0.25) is 0 Å². The molecule has 0 atom stereocenters. The average Bonchev–Trinajstić information content (AvgIpc) is 2.38. The summed E-state index contributed by atoms with van der Waals surface area (Å²) in [7, 11) is 0. The highest BCUT2D eigenvalue weighted by molar-refractivity contribution is 5.78. The van der Waals surface area contributed by atoms with Crippen LogP contribution in [0.25, 0.3) is 0 Å². The van der Waals surface area contributed by atoms with Gasteiger partial charge < -0.3 is 10.6 Å². The summed E-state index contributed by atoms with van der Waals surface area (Å²) in [6, 6.07) is 3.78. The number of nitrogens with zero attached hydrogens (tertiary/aromatic N) is 2. The second kappa shape index (κ2) is 7.63. The van der Waals surface area contributed by atoms with Crippen LogP contribution >= 0.6 is 0 Å². The number of amides is 1. The minimum absolute atomic E-state index is 0.129. The maximum Gasteiger partial charge on any atom is 0.223 e. The molecule has 0 spiro atoms. The predicted octanol–water partition coefficient (Wildman–Crippen LogP) is 1.75. The Balaban J connectivity index is 2.22. The van der Waals surface area contributed by atoms with Crippen molar-refractivity contribution in [2.45, 2.75) is 33.6 Å². The minimum atomic E-state index is 0.129. The lowest BCUT2D eigenvalue weighted by Gasteiger charge is -2.13. The summed E-state index contributed by atoms with van der Waals surface area (Å²) >= 11 is 0. The number of aromatic nitrogens is 2. The lowest BCUT2D eigenvalue weighted by atomic mass is 10.0. The third-order valence-electron chi connectivity index (χ3n) is 2.88. The van der Waals surface area contributed by atoms with Crippen LogP contribution in [0.15, 0.2) is 12.1 Å². The fraction of sp³-hybridized carbons (Fsp3) is 0.615. The van der Waals surface area contributed by atoms with Crippen molar-refractivity contribution in [2.75, 3.05) is 18.4 Å². The molecule has 0 saturated carbocycles. The van der Waals surface area contributed by atoms with E-state index in [4.69, 9.17) is 0 Å². The first-order valence-electron chi connectivity index (χ1n) is 6.49. The normalized spacial score (nSPS) is 10.4. The van der Waals surface area contributed by atoms with Crippen LogP contribution in [-0.4, -0.2) is 29.2 Å². The second-order valence-electron chi connectivity index (χ2n) is 4.29. The third kappa shape index (κ3) is 4.69. The van der Waals surface area contributed by atoms with Gasteiger partial charge in [-0.25, -0.2) is 0 Å². The van der Waals surface area contributed by atoms with Gasteiger partial charge in [0.25, 0.3) is 0 Å². The van der Waals surface area contributed by atoms with Crippen LogP contribution in [0, 0.1) is 12.8 Å². The predicted molar refractivity (Wildman–Crippen MR) is 72.3 cm³/mol. The number of rotatable bonds is 7. The summed E-state index contributed by atoms with van der Waals surface area (Å²) in [5.41, 5.74) is 0.891. The lowest BCUT2D eigenvalue weighted by molar-refractivity contribution is -0.125. The monoisotopic (exact) mass is 250 g/mol. The van der Waals surface area contributed by atoms with E-state index < -0.39 is 0 Å². The molecular formula is C13H22N4O. The molecule has 1 aromatic heterocycles. The summed E-state index contributed by atoms with van der Waals surface area (Å²) < 4.78 is 0. The molecule has 5 nitrogen and oxygen atoms in total. The zero-order chi connectivity index (χ0) is 13.4. The number of carbonyl (C=O) groups is 1. The number of nitrogens with one attached hydrogen (secondary N) is 2. The number of carbonyl (C=O) groups excluding carboxylic acids is 1. The molecular weight excluding hydrogens is 228 g/mol. The Morgan fingerprint density at radius 2 is 1.94 bits per heavy atom. The molecule has 0 saturated heterocycles. The van der Waals surface area contributed by atoms with E-state index in [2.05, 4.69) is 20.8 Å². The highest BCUT2D eigenvalue weighted by atomic mass is 16.1. The topological polar surface area (TPSA) is 66.9 Å². The quantitative estimate of drug-likeness (QED) is 0.723. The van der Waals surface area contributed by atoms with Crippen LogP contribution < -0.4 is 10.6 Å². The zero-order valence-electron chi connectivity index (χ0n) is 11.4. The van der Waals surface area contributed by atoms with Crippen molar-refractivity contribution in [1.82, 2.24) is 15.5 Å². The molecule has 0 aliphatic carbocycles. The third-order valence-corrected chi connectivity index (χ3v) is 2.88. The number of aryl methyl sites for hydroxylation is 1. The molecule has 2 N–H and O–H groups in total. The van der Waals surface area contributed by atoms with Crippen LogP contribution in [-0.2, 0) is 4.79 Å². The van der Waals surface area contributed by atoms with Crippen LogP contribution in [0.4, 0.5) is 5.82 Å². The van der Waals surface area contributed by atoms with Gasteiger partial charge in [-0.05, 0) is 31.9 Å². The van der Waals surface area contributed by atoms with Gasteiger partial charge in [0.1, 0.15) is 5.82 Å². The van der Waals surface area contributed by atoms with Crippen molar-refractivity contribution < 1.29 is 4.79 Å². The maximum atomic E-state index is 11.7. The van der Waals surface area contributed by atoms with Gasteiger partial charge in [-0.1, -0.05) is 13.8 Å². The molecule has 1 heterocycles.